The van der Waals surface area contributed by atoms with Crippen molar-refractivity contribution >= 4 is 11.8 Å². The fourth-order valence-electron chi connectivity index (χ4n) is 1.95. The molecule has 21 heavy (non-hydrogen) atoms. The fraction of sp³-hybridized carbons (Fsp3) is 0.125. The molecule has 0 unspecified atom stereocenters. The van der Waals surface area contributed by atoms with Gasteiger partial charge >= 0.3 is 0 Å². The second-order valence-corrected chi connectivity index (χ2v) is 5.68. The van der Waals surface area contributed by atoms with E-state index < -0.39 is 0 Å². The second-order valence-electron chi connectivity index (χ2n) is 4.66. The number of pyridine rings is 1. The summed E-state index contributed by atoms with van der Waals surface area (Å²) in [5.74, 6) is 0.550. The molecule has 0 aliphatic carbocycles. The lowest BCUT2D eigenvalue weighted by atomic mass is 10.3. The number of thioether (sulfide) groups is 1. The van der Waals surface area contributed by atoms with Crippen LogP contribution in [0.3, 0.4) is 0 Å². The Morgan fingerprint density at radius 3 is 2.71 bits per heavy atom. The van der Waals surface area contributed by atoms with Crippen LogP contribution in [0.5, 0.6) is 0 Å². The third-order valence-electron chi connectivity index (χ3n) is 3.08. The minimum atomic E-state index is -0.241. The average Bonchev–Trinajstić information content (AvgIpc) is 2.96. The van der Waals surface area contributed by atoms with Gasteiger partial charge in [-0.25, -0.2) is 9.07 Å². The molecule has 2 aromatic heterocycles. The highest BCUT2D eigenvalue weighted by molar-refractivity contribution is 7.98. The number of hydrogen-bond donors (Lipinski definition) is 0. The molecule has 0 bridgehead atoms. The van der Waals surface area contributed by atoms with Crippen molar-refractivity contribution in [2.75, 3.05) is 0 Å². The summed E-state index contributed by atoms with van der Waals surface area (Å²) >= 11 is 1.74. The summed E-state index contributed by atoms with van der Waals surface area (Å²) in [6.07, 6.45) is 5.55. The van der Waals surface area contributed by atoms with Crippen LogP contribution in [0.1, 0.15) is 11.3 Å². The van der Waals surface area contributed by atoms with Gasteiger partial charge in [-0.05, 0) is 48.9 Å². The van der Waals surface area contributed by atoms with Crippen molar-refractivity contribution in [3.8, 4) is 5.69 Å². The van der Waals surface area contributed by atoms with E-state index in [2.05, 4.69) is 10.1 Å². The SMILES string of the molecule is Cc1cnccc1SCc1ccn(-c2ccc(F)cc2)n1. The Bertz CT molecular complexity index is 737. The number of aromatic nitrogens is 3. The summed E-state index contributed by atoms with van der Waals surface area (Å²) in [4.78, 5) is 5.30. The van der Waals surface area contributed by atoms with Crippen LogP contribution in [-0.4, -0.2) is 14.8 Å². The van der Waals surface area contributed by atoms with E-state index in [0.29, 0.717) is 0 Å². The monoisotopic (exact) mass is 299 g/mol. The van der Waals surface area contributed by atoms with Gasteiger partial charge in [-0.3, -0.25) is 4.98 Å². The number of aryl methyl sites for hydroxylation is 1. The number of benzene rings is 1. The van der Waals surface area contributed by atoms with Crippen LogP contribution in [0.4, 0.5) is 4.39 Å². The van der Waals surface area contributed by atoms with Crippen molar-refractivity contribution in [3.05, 3.63) is 72.1 Å². The molecule has 2 heterocycles. The van der Waals surface area contributed by atoms with Gasteiger partial charge in [0.15, 0.2) is 0 Å². The highest BCUT2D eigenvalue weighted by Crippen LogP contribution is 2.24. The largest absolute Gasteiger partial charge is 0.264 e. The Labute approximate surface area is 126 Å². The van der Waals surface area contributed by atoms with Crippen molar-refractivity contribution in [1.82, 2.24) is 14.8 Å². The minimum absolute atomic E-state index is 0.241. The molecule has 0 aliphatic heterocycles. The highest BCUT2D eigenvalue weighted by Gasteiger charge is 2.04. The van der Waals surface area contributed by atoms with E-state index in [4.69, 9.17) is 0 Å². The predicted molar refractivity (Wildman–Crippen MR) is 82.1 cm³/mol. The van der Waals surface area contributed by atoms with Gasteiger partial charge in [-0.2, -0.15) is 5.10 Å². The normalized spacial score (nSPS) is 10.8. The van der Waals surface area contributed by atoms with E-state index >= 15 is 0 Å². The topological polar surface area (TPSA) is 30.7 Å². The third-order valence-corrected chi connectivity index (χ3v) is 4.29. The molecule has 0 saturated carbocycles. The van der Waals surface area contributed by atoms with E-state index in [1.165, 1.54) is 22.6 Å². The van der Waals surface area contributed by atoms with E-state index in [1.807, 2.05) is 31.5 Å². The Hall–Kier alpha value is -2.14. The van der Waals surface area contributed by atoms with Crippen molar-refractivity contribution in [1.29, 1.82) is 0 Å². The first-order chi connectivity index (χ1) is 10.2. The van der Waals surface area contributed by atoms with Gasteiger partial charge in [0.2, 0.25) is 0 Å². The van der Waals surface area contributed by atoms with Gasteiger partial charge in [-0.15, -0.1) is 11.8 Å². The average molecular weight is 299 g/mol. The predicted octanol–water partition coefficient (Wildman–Crippen LogP) is 4.01. The lowest BCUT2D eigenvalue weighted by Gasteiger charge is -2.03. The molecule has 106 valence electrons. The Morgan fingerprint density at radius 2 is 1.95 bits per heavy atom. The quantitative estimate of drug-likeness (QED) is 0.682. The van der Waals surface area contributed by atoms with Crippen molar-refractivity contribution in [2.24, 2.45) is 0 Å². The van der Waals surface area contributed by atoms with Crippen LogP contribution >= 0.6 is 11.8 Å². The molecule has 0 N–H and O–H groups in total. The summed E-state index contributed by atoms with van der Waals surface area (Å²) < 4.78 is 14.7. The van der Waals surface area contributed by atoms with E-state index in [-0.39, 0.29) is 5.82 Å². The molecular weight excluding hydrogens is 285 g/mol. The van der Waals surface area contributed by atoms with Gasteiger partial charge in [0.25, 0.3) is 0 Å². The third kappa shape index (κ3) is 3.31. The molecule has 5 heteroatoms. The molecule has 1 aromatic carbocycles. The lowest BCUT2D eigenvalue weighted by molar-refractivity contribution is 0.627. The lowest BCUT2D eigenvalue weighted by Crippen LogP contribution is -1.95. The molecule has 0 amide bonds. The maximum absolute atomic E-state index is 12.9. The van der Waals surface area contributed by atoms with Crippen LogP contribution < -0.4 is 0 Å². The van der Waals surface area contributed by atoms with Crippen molar-refractivity contribution in [2.45, 2.75) is 17.6 Å². The smallest absolute Gasteiger partial charge is 0.123 e. The van der Waals surface area contributed by atoms with E-state index in [9.17, 15) is 4.39 Å². The summed E-state index contributed by atoms with van der Waals surface area (Å²) in [5, 5.41) is 4.51. The van der Waals surface area contributed by atoms with E-state index in [1.54, 1.807) is 34.8 Å². The van der Waals surface area contributed by atoms with Gasteiger partial charge in [0, 0.05) is 29.2 Å². The van der Waals surface area contributed by atoms with Gasteiger partial charge in [-0.1, -0.05) is 0 Å². The molecule has 0 fully saturated rings. The Morgan fingerprint density at radius 1 is 1.14 bits per heavy atom. The summed E-state index contributed by atoms with van der Waals surface area (Å²) in [6.45, 7) is 2.05. The molecule has 0 saturated heterocycles. The molecule has 3 nitrogen and oxygen atoms in total. The molecule has 0 aliphatic rings. The van der Waals surface area contributed by atoms with Crippen LogP contribution in [0.2, 0.25) is 0 Å². The fourth-order valence-corrected chi connectivity index (χ4v) is 2.85. The summed E-state index contributed by atoms with van der Waals surface area (Å²) in [5.41, 5.74) is 3.01. The standard InChI is InChI=1S/C16H14FN3S/c1-12-10-18-8-6-16(12)21-11-14-7-9-20(19-14)15-4-2-13(17)3-5-15/h2-10H,11H2,1H3. The number of rotatable bonds is 4. The zero-order valence-electron chi connectivity index (χ0n) is 11.5. The molecule has 0 spiro atoms. The molecular formula is C16H14FN3S. The molecule has 0 radical (unpaired) electrons. The van der Waals surface area contributed by atoms with Gasteiger partial charge in [0.05, 0.1) is 11.4 Å². The Balaban J connectivity index is 1.71. The maximum atomic E-state index is 12.9. The van der Waals surface area contributed by atoms with Gasteiger partial charge in [0.1, 0.15) is 5.82 Å². The van der Waals surface area contributed by atoms with Crippen LogP contribution in [0.15, 0.2) is 59.9 Å². The van der Waals surface area contributed by atoms with Gasteiger partial charge < -0.3 is 0 Å². The zero-order chi connectivity index (χ0) is 14.7. The van der Waals surface area contributed by atoms with Crippen LogP contribution in [0.25, 0.3) is 5.69 Å². The minimum Gasteiger partial charge on any atom is -0.264 e. The second kappa shape index (κ2) is 6.10. The molecule has 0 atom stereocenters. The molecule has 3 rings (SSSR count). The highest BCUT2D eigenvalue weighted by atomic mass is 32.2. The maximum Gasteiger partial charge on any atom is 0.123 e. The van der Waals surface area contributed by atoms with Crippen LogP contribution in [0, 0.1) is 12.7 Å². The first kappa shape index (κ1) is 13.8. The number of nitrogens with zero attached hydrogens (tertiary/aromatic N) is 3. The number of halogens is 1. The number of hydrogen-bond acceptors (Lipinski definition) is 3. The van der Waals surface area contributed by atoms with Crippen molar-refractivity contribution < 1.29 is 4.39 Å². The molecule has 3 aromatic rings. The first-order valence-corrected chi connectivity index (χ1v) is 7.55. The summed E-state index contributed by atoms with van der Waals surface area (Å²) in [7, 11) is 0. The van der Waals surface area contributed by atoms with Crippen LogP contribution in [-0.2, 0) is 5.75 Å². The zero-order valence-corrected chi connectivity index (χ0v) is 12.3. The first-order valence-electron chi connectivity index (χ1n) is 6.56. The Kier molecular flexibility index (Phi) is 4.01. The van der Waals surface area contributed by atoms with E-state index in [0.717, 1.165) is 17.1 Å². The summed E-state index contributed by atoms with van der Waals surface area (Å²) in [6, 6.07) is 10.3. The van der Waals surface area contributed by atoms with Crippen molar-refractivity contribution in [3.63, 3.8) is 0 Å².